The lowest BCUT2D eigenvalue weighted by molar-refractivity contribution is -0.116. The zero-order valence-electron chi connectivity index (χ0n) is 12.5. The van der Waals surface area contributed by atoms with Gasteiger partial charge in [0.1, 0.15) is 24.0 Å². The fourth-order valence-electron chi connectivity index (χ4n) is 2.02. The summed E-state index contributed by atoms with van der Waals surface area (Å²) >= 11 is 5.73. The highest BCUT2D eigenvalue weighted by Gasteiger charge is 2.15. The van der Waals surface area contributed by atoms with Gasteiger partial charge in [0.25, 0.3) is 5.56 Å². The Kier molecular flexibility index (Phi) is 5.16. The van der Waals surface area contributed by atoms with E-state index in [0.717, 1.165) is 16.8 Å². The molecule has 0 fully saturated rings. The van der Waals surface area contributed by atoms with Gasteiger partial charge in [-0.3, -0.25) is 14.2 Å². The molecule has 1 amide bonds. The van der Waals surface area contributed by atoms with Crippen LogP contribution in [0.25, 0.3) is 0 Å². The van der Waals surface area contributed by atoms with E-state index in [1.807, 2.05) is 0 Å². The van der Waals surface area contributed by atoms with Crippen LogP contribution in [-0.2, 0) is 17.9 Å². The van der Waals surface area contributed by atoms with Crippen LogP contribution in [-0.4, -0.2) is 15.0 Å². The summed E-state index contributed by atoms with van der Waals surface area (Å²) in [7, 11) is 0. The number of nitrogens with one attached hydrogen (secondary N) is 1. The number of hydrogen-bond donors (Lipinski definition) is 1. The molecule has 1 heterocycles. The maximum absolute atomic E-state index is 13.6. The number of amides is 1. The Bertz CT molecular complexity index is 959. The van der Waals surface area contributed by atoms with E-state index >= 15 is 0 Å². The SMILES string of the molecule is CCn1cc(C#N)c(=O)n(CC(=O)Nc2cc(Cl)ccc2F)c1=O. The van der Waals surface area contributed by atoms with Gasteiger partial charge in [-0.05, 0) is 25.1 Å². The van der Waals surface area contributed by atoms with Gasteiger partial charge in [0.15, 0.2) is 0 Å². The Balaban J connectivity index is 2.36. The van der Waals surface area contributed by atoms with Crippen LogP contribution in [0.3, 0.4) is 0 Å². The van der Waals surface area contributed by atoms with Gasteiger partial charge < -0.3 is 5.32 Å². The molecule has 0 spiro atoms. The number of nitriles is 1. The minimum Gasteiger partial charge on any atom is -0.322 e. The van der Waals surface area contributed by atoms with Gasteiger partial charge in [0.05, 0.1) is 5.69 Å². The first-order chi connectivity index (χ1) is 11.4. The van der Waals surface area contributed by atoms with Gasteiger partial charge in [-0.1, -0.05) is 11.6 Å². The average molecular weight is 351 g/mol. The molecule has 9 heteroatoms. The second-order valence-electron chi connectivity index (χ2n) is 4.79. The number of carbonyl (C=O) groups excluding carboxylic acids is 1. The Morgan fingerprint density at radius 1 is 1.42 bits per heavy atom. The molecule has 7 nitrogen and oxygen atoms in total. The summed E-state index contributed by atoms with van der Waals surface area (Å²) in [6.07, 6.45) is 1.13. The first-order valence-corrected chi connectivity index (χ1v) is 7.24. The third-order valence-electron chi connectivity index (χ3n) is 3.20. The second-order valence-corrected chi connectivity index (χ2v) is 5.22. The number of aromatic nitrogens is 2. The molecule has 0 aliphatic rings. The number of benzene rings is 1. The van der Waals surface area contributed by atoms with Crippen molar-refractivity contribution in [3.05, 3.63) is 61.6 Å². The van der Waals surface area contributed by atoms with E-state index in [0.29, 0.717) is 4.57 Å². The van der Waals surface area contributed by atoms with Crippen LogP contribution >= 0.6 is 11.6 Å². The summed E-state index contributed by atoms with van der Waals surface area (Å²) < 4.78 is 15.4. The van der Waals surface area contributed by atoms with Crippen LogP contribution in [0.5, 0.6) is 0 Å². The van der Waals surface area contributed by atoms with E-state index < -0.39 is 29.5 Å². The van der Waals surface area contributed by atoms with E-state index in [1.165, 1.54) is 12.1 Å². The molecule has 0 aliphatic carbocycles. The Labute approximate surface area is 140 Å². The minimum absolute atomic E-state index is 0.173. The molecule has 124 valence electrons. The zero-order chi connectivity index (χ0) is 17.9. The fourth-order valence-corrected chi connectivity index (χ4v) is 2.19. The van der Waals surface area contributed by atoms with Gasteiger partial charge in [0.2, 0.25) is 5.91 Å². The predicted octanol–water partition coefficient (Wildman–Crippen LogP) is 1.33. The summed E-state index contributed by atoms with van der Waals surface area (Å²) in [4.78, 5) is 36.2. The quantitative estimate of drug-likeness (QED) is 0.899. The fraction of sp³-hybridized carbons (Fsp3) is 0.200. The Morgan fingerprint density at radius 2 is 2.12 bits per heavy atom. The Morgan fingerprint density at radius 3 is 2.75 bits per heavy atom. The molecule has 2 rings (SSSR count). The summed E-state index contributed by atoms with van der Waals surface area (Å²) in [5.41, 5.74) is -2.05. The monoisotopic (exact) mass is 350 g/mol. The van der Waals surface area contributed by atoms with E-state index in [2.05, 4.69) is 5.32 Å². The molecule has 0 bridgehead atoms. The molecule has 0 unspecified atom stereocenters. The van der Waals surface area contributed by atoms with Crippen molar-refractivity contribution in [1.29, 1.82) is 5.26 Å². The summed E-state index contributed by atoms with van der Waals surface area (Å²) in [6, 6.07) is 5.26. The molecule has 24 heavy (non-hydrogen) atoms. The predicted molar refractivity (Wildman–Crippen MR) is 85.4 cm³/mol. The summed E-state index contributed by atoms with van der Waals surface area (Å²) in [6.45, 7) is 1.22. The average Bonchev–Trinajstić information content (AvgIpc) is 2.55. The van der Waals surface area contributed by atoms with Crippen molar-refractivity contribution in [2.75, 3.05) is 5.32 Å². The molecule has 2 aromatic rings. The molecular formula is C15H12ClFN4O3. The van der Waals surface area contributed by atoms with Gasteiger partial charge in [-0.25, -0.2) is 13.8 Å². The molecule has 0 saturated heterocycles. The lowest BCUT2D eigenvalue weighted by Gasteiger charge is -2.10. The first kappa shape index (κ1) is 17.4. The van der Waals surface area contributed by atoms with Crippen molar-refractivity contribution < 1.29 is 9.18 Å². The van der Waals surface area contributed by atoms with Crippen LogP contribution in [0, 0.1) is 17.1 Å². The number of halogens is 2. The second kappa shape index (κ2) is 7.10. The highest BCUT2D eigenvalue weighted by Crippen LogP contribution is 2.19. The van der Waals surface area contributed by atoms with Crippen molar-refractivity contribution in [3.8, 4) is 6.07 Å². The normalized spacial score (nSPS) is 10.2. The number of carbonyl (C=O) groups is 1. The third-order valence-corrected chi connectivity index (χ3v) is 3.44. The molecule has 1 aromatic carbocycles. The molecule has 1 N–H and O–H groups in total. The van der Waals surface area contributed by atoms with Crippen molar-refractivity contribution >= 4 is 23.2 Å². The molecular weight excluding hydrogens is 339 g/mol. The van der Waals surface area contributed by atoms with Crippen molar-refractivity contribution in [2.45, 2.75) is 20.0 Å². The molecule has 0 radical (unpaired) electrons. The maximum atomic E-state index is 13.6. The number of rotatable bonds is 4. The third kappa shape index (κ3) is 3.52. The van der Waals surface area contributed by atoms with Crippen molar-refractivity contribution in [2.24, 2.45) is 0 Å². The van der Waals surface area contributed by atoms with Crippen LogP contribution < -0.4 is 16.6 Å². The highest BCUT2D eigenvalue weighted by atomic mass is 35.5. The highest BCUT2D eigenvalue weighted by molar-refractivity contribution is 6.30. The lowest BCUT2D eigenvalue weighted by Crippen LogP contribution is -2.43. The van der Waals surface area contributed by atoms with Crippen LogP contribution in [0.1, 0.15) is 12.5 Å². The van der Waals surface area contributed by atoms with Crippen molar-refractivity contribution in [1.82, 2.24) is 9.13 Å². The molecule has 0 aliphatic heterocycles. The van der Waals surface area contributed by atoms with Gasteiger partial charge in [-0.15, -0.1) is 0 Å². The van der Waals surface area contributed by atoms with Crippen LogP contribution in [0.2, 0.25) is 5.02 Å². The van der Waals surface area contributed by atoms with E-state index in [-0.39, 0.29) is 22.8 Å². The topological polar surface area (TPSA) is 96.9 Å². The summed E-state index contributed by atoms with van der Waals surface area (Å²) in [5, 5.41) is 11.4. The van der Waals surface area contributed by atoms with Crippen LogP contribution in [0.15, 0.2) is 34.0 Å². The Hall–Kier alpha value is -2.92. The lowest BCUT2D eigenvalue weighted by atomic mass is 10.3. The van der Waals surface area contributed by atoms with E-state index in [4.69, 9.17) is 16.9 Å². The first-order valence-electron chi connectivity index (χ1n) is 6.86. The maximum Gasteiger partial charge on any atom is 0.331 e. The van der Waals surface area contributed by atoms with E-state index in [9.17, 15) is 18.8 Å². The van der Waals surface area contributed by atoms with Gasteiger partial charge in [0, 0.05) is 17.8 Å². The smallest absolute Gasteiger partial charge is 0.322 e. The summed E-state index contributed by atoms with van der Waals surface area (Å²) in [5.74, 6) is -1.51. The standard InChI is InChI=1S/C15H12ClFN4O3/c1-2-20-7-9(6-18)14(23)21(15(20)24)8-13(22)19-12-5-10(16)3-4-11(12)17/h3-5,7H,2,8H2,1H3,(H,19,22). The van der Waals surface area contributed by atoms with Crippen LogP contribution in [0.4, 0.5) is 10.1 Å². The van der Waals surface area contributed by atoms with E-state index in [1.54, 1.807) is 13.0 Å². The largest absolute Gasteiger partial charge is 0.331 e. The molecule has 0 atom stereocenters. The number of hydrogen-bond acceptors (Lipinski definition) is 4. The van der Waals surface area contributed by atoms with Gasteiger partial charge >= 0.3 is 5.69 Å². The molecule has 1 aromatic heterocycles. The number of aryl methyl sites for hydroxylation is 1. The van der Waals surface area contributed by atoms with Crippen molar-refractivity contribution in [3.63, 3.8) is 0 Å². The minimum atomic E-state index is -0.881. The number of nitrogens with zero attached hydrogens (tertiary/aromatic N) is 3. The molecule has 0 saturated carbocycles. The van der Waals surface area contributed by atoms with Gasteiger partial charge in [-0.2, -0.15) is 5.26 Å². The number of anilines is 1. The zero-order valence-corrected chi connectivity index (χ0v) is 13.3.